The van der Waals surface area contributed by atoms with Crippen LogP contribution in [0.4, 0.5) is 0 Å². The molecule has 0 saturated heterocycles. The Bertz CT molecular complexity index is 756. The van der Waals surface area contributed by atoms with Gasteiger partial charge in [-0.15, -0.1) is 0 Å². The number of nitrogens with zero attached hydrogens (tertiary/aromatic N) is 2. The van der Waals surface area contributed by atoms with Gasteiger partial charge in [-0.1, -0.05) is 30.3 Å². The first kappa shape index (κ1) is 16.3. The molecule has 1 aromatic carbocycles. The molecule has 5 heteroatoms. The lowest BCUT2D eigenvalue weighted by Gasteiger charge is -2.13. The highest BCUT2D eigenvalue weighted by atomic mass is 16.5. The third-order valence-corrected chi connectivity index (χ3v) is 4.21. The second-order valence-corrected chi connectivity index (χ2v) is 5.87. The van der Waals surface area contributed by atoms with Crippen LogP contribution in [0, 0.1) is 0 Å². The minimum absolute atomic E-state index is 0.0432. The Labute approximate surface area is 141 Å². The van der Waals surface area contributed by atoms with Gasteiger partial charge in [0.15, 0.2) is 0 Å². The zero-order chi connectivity index (χ0) is 16.9. The van der Waals surface area contributed by atoms with Crippen LogP contribution < -0.4 is 0 Å². The van der Waals surface area contributed by atoms with E-state index in [-0.39, 0.29) is 24.7 Å². The van der Waals surface area contributed by atoms with Crippen LogP contribution in [0.2, 0.25) is 0 Å². The van der Waals surface area contributed by atoms with Crippen molar-refractivity contribution < 1.29 is 14.6 Å². The van der Waals surface area contributed by atoms with Crippen molar-refractivity contribution in [1.82, 2.24) is 4.98 Å². The average molecular weight is 324 g/mol. The second-order valence-electron chi connectivity index (χ2n) is 5.87. The highest BCUT2D eigenvalue weighted by molar-refractivity contribution is 5.97. The van der Waals surface area contributed by atoms with Gasteiger partial charge in [-0.2, -0.15) is 0 Å². The number of ether oxygens (including phenoxy) is 1. The van der Waals surface area contributed by atoms with E-state index >= 15 is 0 Å². The van der Waals surface area contributed by atoms with Crippen molar-refractivity contribution in [2.75, 3.05) is 13.7 Å². The molecule has 0 fully saturated rings. The van der Waals surface area contributed by atoms with Crippen molar-refractivity contribution in [3.63, 3.8) is 0 Å². The predicted octanol–water partition coefficient (Wildman–Crippen LogP) is 2.27. The van der Waals surface area contributed by atoms with E-state index in [1.54, 1.807) is 13.3 Å². The number of carbonyl (C=O) groups is 1. The van der Waals surface area contributed by atoms with Crippen LogP contribution in [-0.2, 0) is 22.5 Å². The van der Waals surface area contributed by atoms with Gasteiger partial charge < -0.3 is 9.84 Å². The molecule has 0 bridgehead atoms. The van der Waals surface area contributed by atoms with Gasteiger partial charge in [0.1, 0.15) is 5.78 Å². The summed E-state index contributed by atoms with van der Waals surface area (Å²) in [6.45, 7) is 0.518. The maximum absolute atomic E-state index is 12.4. The molecular formula is C19H20N2O3. The molecule has 1 aliphatic heterocycles. The third-order valence-electron chi connectivity index (χ3n) is 4.21. The third kappa shape index (κ3) is 3.51. The van der Waals surface area contributed by atoms with Crippen LogP contribution in [0.5, 0.6) is 0 Å². The van der Waals surface area contributed by atoms with Crippen LogP contribution in [0.1, 0.15) is 34.7 Å². The maximum atomic E-state index is 12.4. The minimum atomic E-state index is -0.170. The van der Waals surface area contributed by atoms with Crippen molar-refractivity contribution >= 4 is 11.7 Å². The number of rotatable bonds is 6. The topological polar surface area (TPSA) is 71.8 Å². The lowest BCUT2D eigenvalue weighted by atomic mass is 9.93. The smallest absolute Gasteiger partial charge is 0.218 e. The Balaban J connectivity index is 1.65. The van der Waals surface area contributed by atoms with E-state index in [0.717, 1.165) is 22.4 Å². The fourth-order valence-electron chi connectivity index (χ4n) is 2.95. The zero-order valence-corrected chi connectivity index (χ0v) is 13.6. The first-order valence-electron chi connectivity index (χ1n) is 7.95. The van der Waals surface area contributed by atoms with Crippen molar-refractivity contribution in [3.8, 4) is 0 Å². The molecule has 2 aromatic rings. The number of pyridine rings is 1. The Morgan fingerprint density at radius 3 is 2.83 bits per heavy atom. The van der Waals surface area contributed by atoms with Gasteiger partial charge in [-0.05, 0) is 17.2 Å². The maximum Gasteiger partial charge on any atom is 0.218 e. The van der Waals surface area contributed by atoms with E-state index in [1.165, 1.54) is 0 Å². The molecule has 24 heavy (non-hydrogen) atoms. The van der Waals surface area contributed by atoms with Crippen molar-refractivity contribution in [2.24, 2.45) is 4.99 Å². The average Bonchev–Trinajstić information content (AvgIpc) is 3.02. The summed E-state index contributed by atoms with van der Waals surface area (Å²) in [5, 5.41) is 9.58. The number of carbonyl (C=O) groups excluding carboxylic acids is 1. The van der Waals surface area contributed by atoms with Gasteiger partial charge >= 0.3 is 0 Å². The number of aliphatic hydroxyl groups excluding tert-OH is 1. The van der Waals surface area contributed by atoms with E-state index in [0.29, 0.717) is 18.9 Å². The number of aliphatic imine (C=N–C) groups is 1. The molecule has 1 aromatic heterocycles. The number of Topliss-reactive ketones (excluding diaryl/α,β-unsaturated/α-hetero) is 1. The monoisotopic (exact) mass is 324 g/mol. The number of hydrogen-bond acceptors (Lipinski definition) is 5. The number of aliphatic hydroxyl groups is 1. The Kier molecular flexibility index (Phi) is 5.01. The number of aromatic nitrogens is 1. The lowest BCUT2D eigenvalue weighted by Crippen LogP contribution is -2.13. The molecule has 124 valence electrons. The van der Waals surface area contributed by atoms with E-state index in [2.05, 4.69) is 9.98 Å². The molecule has 3 rings (SSSR count). The van der Waals surface area contributed by atoms with Crippen molar-refractivity contribution in [2.45, 2.75) is 25.3 Å². The van der Waals surface area contributed by atoms with Crippen LogP contribution in [-0.4, -0.2) is 35.5 Å². The summed E-state index contributed by atoms with van der Waals surface area (Å²) in [4.78, 5) is 21.0. The highest BCUT2D eigenvalue weighted by Crippen LogP contribution is 2.22. The second kappa shape index (κ2) is 7.36. The van der Waals surface area contributed by atoms with E-state index in [4.69, 9.17) is 4.74 Å². The largest absolute Gasteiger partial charge is 0.481 e. The Morgan fingerprint density at radius 2 is 2.12 bits per heavy atom. The Morgan fingerprint density at radius 1 is 1.33 bits per heavy atom. The van der Waals surface area contributed by atoms with Gasteiger partial charge in [0, 0.05) is 30.7 Å². The number of methoxy groups -OCH3 is 1. The minimum Gasteiger partial charge on any atom is -0.481 e. The number of ketones is 1. The quantitative estimate of drug-likeness (QED) is 0.885. The van der Waals surface area contributed by atoms with Gasteiger partial charge in [0.05, 0.1) is 25.8 Å². The van der Waals surface area contributed by atoms with E-state index in [1.807, 2.05) is 36.4 Å². The first-order valence-corrected chi connectivity index (χ1v) is 7.95. The van der Waals surface area contributed by atoms with Crippen LogP contribution in [0.3, 0.4) is 0 Å². The molecular weight excluding hydrogens is 304 g/mol. The summed E-state index contributed by atoms with van der Waals surface area (Å²) in [5.74, 6) is 0.493. The molecule has 0 amide bonds. The molecule has 0 radical (unpaired) electrons. The summed E-state index contributed by atoms with van der Waals surface area (Å²) < 4.78 is 5.19. The van der Waals surface area contributed by atoms with Crippen LogP contribution in [0.25, 0.3) is 0 Å². The molecule has 1 N–H and O–H groups in total. The summed E-state index contributed by atoms with van der Waals surface area (Å²) in [5.41, 5.74) is 3.64. The molecule has 2 heterocycles. The summed E-state index contributed by atoms with van der Waals surface area (Å²) in [6.07, 6.45) is 2.28. The standard InChI is InChI=1S/C19H20N2O3/c1-24-19-18-11-20-16(7-14(18)10-21-19)9-17(23)8-15(12-22)13-5-3-2-4-6-13/h2-7,11,15,22H,8-10,12H2,1H3/t15-/m1/s1. The zero-order valence-electron chi connectivity index (χ0n) is 13.6. The summed E-state index contributed by atoms with van der Waals surface area (Å²) in [7, 11) is 1.59. The molecule has 1 atom stereocenters. The van der Waals surface area contributed by atoms with Gasteiger partial charge in [0.2, 0.25) is 5.90 Å². The highest BCUT2D eigenvalue weighted by Gasteiger charge is 2.19. The fourth-order valence-corrected chi connectivity index (χ4v) is 2.95. The van der Waals surface area contributed by atoms with Crippen molar-refractivity contribution in [1.29, 1.82) is 0 Å². The number of fused-ring (bicyclic) bond motifs is 1. The number of hydrogen-bond donors (Lipinski definition) is 1. The van der Waals surface area contributed by atoms with Crippen LogP contribution >= 0.6 is 0 Å². The van der Waals surface area contributed by atoms with Crippen molar-refractivity contribution in [3.05, 3.63) is 65.0 Å². The fraction of sp³-hybridized carbons (Fsp3) is 0.316. The molecule has 0 aliphatic carbocycles. The Hall–Kier alpha value is -2.53. The van der Waals surface area contributed by atoms with Gasteiger partial charge in [-0.3, -0.25) is 9.78 Å². The predicted molar refractivity (Wildman–Crippen MR) is 91.1 cm³/mol. The molecule has 5 nitrogen and oxygen atoms in total. The van der Waals surface area contributed by atoms with Gasteiger partial charge in [-0.25, -0.2) is 4.99 Å². The van der Waals surface area contributed by atoms with Crippen LogP contribution in [0.15, 0.2) is 47.6 Å². The number of benzene rings is 1. The SMILES string of the molecule is COC1=NCc2cc(CC(=O)C[C@H](CO)c3ccccc3)ncc21. The summed E-state index contributed by atoms with van der Waals surface area (Å²) >= 11 is 0. The molecule has 1 aliphatic rings. The van der Waals surface area contributed by atoms with E-state index in [9.17, 15) is 9.90 Å². The molecule has 0 unspecified atom stereocenters. The normalized spacial score (nSPS) is 14.0. The van der Waals surface area contributed by atoms with Gasteiger partial charge in [0.25, 0.3) is 0 Å². The molecule has 0 saturated carbocycles. The lowest BCUT2D eigenvalue weighted by molar-refractivity contribution is -0.119. The summed E-state index contributed by atoms with van der Waals surface area (Å²) in [6, 6.07) is 11.5. The first-order chi connectivity index (χ1) is 11.7. The van der Waals surface area contributed by atoms with E-state index < -0.39 is 0 Å². The molecule has 0 spiro atoms.